The van der Waals surface area contributed by atoms with Gasteiger partial charge in [-0.2, -0.15) is 57.1 Å². The minimum Gasteiger partial charge on any atom is -0.387 e. The summed E-state index contributed by atoms with van der Waals surface area (Å²) in [5.41, 5.74) is 0. The Hall–Kier alpha value is -0.733. The summed E-state index contributed by atoms with van der Waals surface area (Å²) in [6.45, 7) is 4.57. The summed E-state index contributed by atoms with van der Waals surface area (Å²) >= 11 is 0. The molecule has 0 aromatic heterocycles. The molecule has 0 bridgehead atoms. The Labute approximate surface area is 164 Å². The normalized spacial score (nSPS) is 18.0. The van der Waals surface area contributed by atoms with Crippen LogP contribution in [-0.4, -0.2) is 54.2 Å². The van der Waals surface area contributed by atoms with E-state index in [2.05, 4.69) is 0 Å². The predicted octanol–water partition coefficient (Wildman–Crippen LogP) is 6.77. The second kappa shape index (κ2) is 7.69. The standard InChI is InChI=1S/C15H21F13OSi/c1-6-8(7-2)9(29,30(3,4)5)10(16,17)11(18,19)12(20,21)13(22,23)14(24,25)15(26,27)28/h8,29H,6-7H2,1-5H3. The van der Waals surface area contributed by atoms with Gasteiger partial charge in [0, 0.05) is 0 Å². The van der Waals surface area contributed by atoms with Crippen molar-refractivity contribution in [2.24, 2.45) is 5.92 Å². The minimum atomic E-state index is -7.97. The molecule has 1 atom stereocenters. The molecule has 0 aliphatic carbocycles. The maximum absolute atomic E-state index is 14.8. The smallest absolute Gasteiger partial charge is 0.387 e. The SMILES string of the molecule is CCC(CC)C(O)(C(F)(F)C(F)(F)C(F)(F)C(F)(F)C(F)(F)C(F)(F)F)[Si](C)(C)C. The Kier molecular flexibility index (Phi) is 7.51. The van der Waals surface area contributed by atoms with Crippen molar-refractivity contribution in [3.05, 3.63) is 0 Å². The Bertz CT molecular complexity index is 605. The van der Waals surface area contributed by atoms with Crippen molar-refractivity contribution in [3.8, 4) is 0 Å². The van der Waals surface area contributed by atoms with Crippen LogP contribution in [0.2, 0.25) is 19.6 Å². The lowest BCUT2D eigenvalue weighted by Crippen LogP contribution is -2.78. The molecule has 1 unspecified atom stereocenters. The monoisotopic (exact) mass is 492 g/mol. The topological polar surface area (TPSA) is 20.2 Å². The molecule has 0 aromatic rings. The molecule has 1 N–H and O–H groups in total. The third-order valence-electron chi connectivity index (χ3n) is 5.13. The van der Waals surface area contributed by atoms with Gasteiger partial charge in [-0.1, -0.05) is 46.3 Å². The summed E-state index contributed by atoms with van der Waals surface area (Å²) in [5.74, 6) is -39.5. The van der Waals surface area contributed by atoms with Crippen LogP contribution in [0.5, 0.6) is 0 Å². The maximum atomic E-state index is 14.8. The molecule has 0 aliphatic rings. The Morgan fingerprint density at radius 2 is 0.833 bits per heavy atom. The van der Waals surface area contributed by atoms with Crippen molar-refractivity contribution < 1.29 is 62.2 Å². The van der Waals surface area contributed by atoms with Crippen molar-refractivity contribution in [3.63, 3.8) is 0 Å². The first-order valence-corrected chi connectivity index (χ1v) is 11.9. The van der Waals surface area contributed by atoms with Crippen LogP contribution in [0.3, 0.4) is 0 Å². The summed E-state index contributed by atoms with van der Waals surface area (Å²) in [4.78, 5) is 0. The lowest BCUT2D eigenvalue weighted by Gasteiger charge is -2.52. The zero-order valence-electron chi connectivity index (χ0n) is 16.4. The molecule has 0 amide bonds. The van der Waals surface area contributed by atoms with E-state index in [9.17, 15) is 62.2 Å². The highest BCUT2D eigenvalue weighted by atomic mass is 28.3. The predicted molar refractivity (Wildman–Crippen MR) is 83.2 cm³/mol. The molecule has 0 rings (SSSR count). The van der Waals surface area contributed by atoms with Gasteiger partial charge in [0.2, 0.25) is 0 Å². The molecule has 0 fully saturated rings. The summed E-state index contributed by atoms with van der Waals surface area (Å²) in [6, 6.07) is 0. The fourth-order valence-electron chi connectivity index (χ4n) is 3.23. The molecule has 0 saturated heterocycles. The molecule has 0 saturated carbocycles. The van der Waals surface area contributed by atoms with E-state index in [1.807, 2.05) is 0 Å². The van der Waals surface area contributed by atoms with Crippen molar-refractivity contribution in [1.82, 2.24) is 0 Å². The molecule has 0 radical (unpaired) electrons. The van der Waals surface area contributed by atoms with E-state index in [0.717, 1.165) is 33.5 Å². The van der Waals surface area contributed by atoms with Gasteiger partial charge in [0.15, 0.2) is 0 Å². The van der Waals surface area contributed by atoms with Crippen LogP contribution in [0.25, 0.3) is 0 Å². The Balaban J connectivity index is 7.03. The molecule has 0 spiro atoms. The van der Waals surface area contributed by atoms with Gasteiger partial charge in [0.25, 0.3) is 0 Å². The molecule has 0 aromatic carbocycles. The molecule has 182 valence electrons. The molecule has 30 heavy (non-hydrogen) atoms. The van der Waals surface area contributed by atoms with E-state index in [1.165, 1.54) is 0 Å². The summed E-state index contributed by atoms with van der Waals surface area (Å²) in [7, 11) is -4.14. The first-order chi connectivity index (χ1) is 12.8. The van der Waals surface area contributed by atoms with Gasteiger partial charge in [0.1, 0.15) is 5.22 Å². The second-order valence-corrected chi connectivity index (χ2v) is 13.2. The van der Waals surface area contributed by atoms with Gasteiger partial charge in [0.05, 0.1) is 8.07 Å². The lowest BCUT2D eigenvalue weighted by atomic mass is 9.84. The average molecular weight is 492 g/mol. The molecule has 15 heteroatoms. The first-order valence-electron chi connectivity index (χ1n) is 8.45. The number of aliphatic hydroxyl groups is 1. The molecule has 0 aliphatic heterocycles. The van der Waals surface area contributed by atoms with E-state index >= 15 is 0 Å². The highest BCUT2D eigenvalue weighted by Gasteiger charge is 2.93. The lowest BCUT2D eigenvalue weighted by molar-refractivity contribution is -0.448. The highest BCUT2D eigenvalue weighted by molar-refractivity contribution is 6.79. The van der Waals surface area contributed by atoms with Gasteiger partial charge in [-0.05, 0) is 5.92 Å². The number of alkyl halides is 13. The highest BCUT2D eigenvalue weighted by Crippen LogP contribution is 2.63. The Morgan fingerprint density at radius 1 is 0.567 bits per heavy atom. The summed E-state index contributed by atoms with van der Waals surface area (Å²) in [6.07, 6.45) is -8.54. The molecule has 1 nitrogen and oxygen atoms in total. The van der Waals surface area contributed by atoms with Gasteiger partial charge >= 0.3 is 35.8 Å². The number of rotatable bonds is 9. The first kappa shape index (κ1) is 29.3. The fraction of sp³-hybridized carbons (Fsp3) is 1.00. The molecular formula is C15H21F13OSi. The number of halogens is 13. The number of hydrogen-bond donors (Lipinski definition) is 1. The van der Waals surface area contributed by atoms with Crippen molar-refractivity contribution in [2.75, 3.05) is 0 Å². The van der Waals surface area contributed by atoms with Crippen LogP contribution >= 0.6 is 0 Å². The fourth-order valence-corrected chi connectivity index (χ4v) is 5.96. The van der Waals surface area contributed by atoms with E-state index in [0.29, 0.717) is 0 Å². The summed E-state index contributed by atoms with van der Waals surface area (Å²) < 4.78 is 175. The summed E-state index contributed by atoms with van der Waals surface area (Å²) in [5, 5.41) is 6.44. The van der Waals surface area contributed by atoms with Crippen molar-refractivity contribution in [2.45, 2.75) is 87.3 Å². The van der Waals surface area contributed by atoms with Crippen LogP contribution in [0, 0.1) is 5.92 Å². The second-order valence-electron chi connectivity index (χ2n) is 7.90. The van der Waals surface area contributed by atoms with Crippen molar-refractivity contribution in [1.29, 1.82) is 0 Å². The van der Waals surface area contributed by atoms with Crippen LogP contribution in [-0.2, 0) is 0 Å². The van der Waals surface area contributed by atoms with Crippen molar-refractivity contribution >= 4 is 8.07 Å². The number of hydrogen-bond acceptors (Lipinski definition) is 1. The largest absolute Gasteiger partial charge is 0.460 e. The van der Waals surface area contributed by atoms with Gasteiger partial charge in [-0.3, -0.25) is 0 Å². The Morgan fingerprint density at radius 3 is 1.07 bits per heavy atom. The van der Waals surface area contributed by atoms with E-state index in [1.54, 1.807) is 0 Å². The van der Waals surface area contributed by atoms with Crippen LogP contribution in [0.4, 0.5) is 57.1 Å². The third kappa shape index (κ3) is 3.60. The quantitative estimate of drug-likeness (QED) is 0.278. The maximum Gasteiger partial charge on any atom is 0.460 e. The molecular weight excluding hydrogens is 471 g/mol. The van der Waals surface area contributed by atoms with E-state index in [-0.39, 0.29) is 0 Å². The van der Waals surface area contributed by atoms with Gasteiger partial charge < -0.3 is 5.11 Å². The third-order valence-corrected chi connectivity index (χ3v) is 8.14. The zero-order valence-corrected chi connectivity index (χ0v) is 17.4. The van der Waals surface area contributed by atoms with Crippen LogP contribution in [0.15, 0.2) is 0 Å². The minimum absolute atomic E-state index is 0.538. The van der Waals surface area contributed by atoms with Gasteiger partial charge in [-0.25, -0.2) is 0 Å². The van der Waals surface area contributed by atoms with Gasteiger partial charge in [-0.15, -0.1) is 0 Å². The van der Waals surface area contributed by atoms with E-state index in [4.69, 9.17) is 0 Å². The zero-order chi connectivity index (χ0) is 25.0. The molecule has 0 heterocycles. The van der Waals surface area contributed by atoms with E-state index < -0.39 is 67.8 Å². The van der Waals surface area contributed by atoms with Crippen LogP contribution < -0.4 is 0 Å². The van der Waals surface area contributed by atoms with Crippen LogP contribution in [0.1, 0.15) is 26.7 Å². The average Bonchev–Trinajstić information content (AvgIpc) is 2.52.